The van der Waals surface area contributed by atoms with Crippen molar-refractivity contribution in [3.05, 3.63) is 89.3 Å². The van der Waals surface area contributed by atoms with Crippen molar-refractivity contribution in [3.8, 4) is 11.3 Å². The molecule has 3 heterocycles. The van der Waals surface area contributed by atoms with Gasteiger partial charge in [-0.15, -0.1) is 0 Å². The van der Waals surface area contributed by atoms with Crippen molar-refractivity contribution in [1.29, 1.82) is 0 Å². The maximum Gasteiger partial charge on any atom is 0.335 e. The number of rotatable bonds is 4. The number of anilines is 1. The minimum Gasteiger partial charge on any atom is -0.478 e. The van der Waals surface area contributed by atoms with E-state index in [1.807, 2.05) is 27.6 Å². The van der Waals surface area contributed by atoms with Gasteiger partial charge in [-0.2, -0.15) is 5.10 Å². The lowest BCUT2D eigenvalue weighted by atomic mass is 10.0. The van der Waals surface area contributed by atoms with Crippen molar-refractivity contribution in [1.82, 2.24) is 14.6 Å². The third-order valence-corrected chi connectivity index (χ3v) is 6.01. The van der Waals surface area contributed by atoms with E-state index in [1.54, 1.807) is 18.3 Å². The lowest BCUT2D eigenvalue weighted by Crippen LogP contribution is -2.18. The molecule has 0 amide bonds. The van der Waals surface area contributed by atoms with Gasteiger partial charge in [0.05, 0.1) is 17.0 Å². The maximum atomic E-state index is 11.4. The molecule has 4 aromatic rings. The first-order valence-electron chi connectivity index (χ1n) is 10.2. The topological polar surface area (TPSA) is 70.7 Å². The van der Waals surface area contributed by atoms with Crippen LogP contribution in [0.25, 0.3) is 22.6 Å². The van der Waals surface area contributed by atoms with Crippen molar-refractivity contribution in [2.24, 2.45) is 0 Å². The van der Waals surface area contributed by atoms with Crippen LogP contribution in [0, 0.1) is 13.8 Å². The molecule has 1 aliphatic heterocycles. The zero-order valence-electron chi connectivity index (χ0n) is 17.5. The Hall–Kier alpha value is -3.93. The molecular weight excluding hydrogens is 388 g/mol. The van der Waals surface area contributed by atoms with E-state index >= 15 is 0 Å². The fourth-order valence-corrected chi connectivity index (χ4v) is 4.09. The number of benzene rings is 2. The standard InChI is InChI=1S/C25H22N4O2/c1-15-4-5-19(12-16(15)2)22-8-10-26-24-14-21(27-29(22)24)17(3)28-11-9-18-6-7-20(25(30)31)13-23(18)28/h4-8,10,12-14H,3,9,11H2,1-2H3,(H,30,31). The third kappa shape index (κ3) is 3.17. The lowest BCUT2D eigenvalue weighted by Gasteiger charge is -2.20. The second-order valence-electron chi connectivity index (χ2n) is 7.93. The van der Waals surface area contributed by atoms with E-state index in [0.29, 0.717) is 0 Å². The fraction of sp³-hybridized carbons (Fsp3) is 0.160. The highest BCUT2D eigenvalue weighted by atomic mass is 16.4. The SMILES string of the molecule is C=C(c1cc2nccc(-c3ccc(C)c(C)c3)n2n1)N1CCc2ccc(C(=O)O)cc21. The van der Waals surface area contributed by atoms with E-state index in [9.17, 15) is 9.90 Å². The highest BCUT2D eigenvalue weighted by Gasteiger charge is 2.25. The van der Waals surface area contributed by atoms with Crippen LogP contribution < -0.4 is 4.90 Å². The highest BCUT2D eigenvalue weighted by Crippen LogP contribution is 2.35. The summed E-state index contributed by atoms with van der Waals surface area (Å²) in [5.74, 6) is -0.935. The van der Waals surface area contributed by atoms with E-state index in [1.165, 1.54) is 11.1 Å². The van der Waals surface area contributed by atoms with Gasteiger partial charge >= 0.3 is 5.97 Å². The van der Waals surface area contributed by atoms with Crippen molar-refractivity contribution in [2.75, 3.05) is 11.4 Å². The first kappa shape index (κ1) is 19.1. The first-order valence-corrected chi connectivity index (χ1v) is 10.2. The van der Waals surface area contributed by atoms with Gasteiger partial charge in [-0.3, -0.25) is 0 Å². The molecule has 0 radical (unpaired) electrons. The van der Waals surface area contributed by atoms with Crippen LogP contribution in [-0.4, -0.2) is 32.2 Å². The van der Waals surface area contributed by atoms with Crippen LogP contribution in [-0.2, 0) is 6.42 Å². The largest absolute Gasteiger partial charge is 0.478 e. The van der Waals surface area contributed by atoms with E-state index in [4.69, 9.17) is 5.10 Å². The van der Waals surface area contributed by atoms with Crippen LogP contribution >= 0.6 is 0 Å². The van der Waals surface area contributed by atoms with E-state index in [2.05, 4.69) is 43.6 Å². The van der Waals surface area contributed by atoms with Gasteiger partial charge in [0.15, 0.2) is 5.65 Å². The highest BCUT2D eigenvalue weighted by molar-refractivity contribution is 5.91. The predicted octanol–water partition coefficient (Wildman–Crippen LogP) is 4.74. The Morgan fingerprint density at radius 3 is 2.68 bits per heavy atom. The minimum absolute atomic E-state index is 0.271. The summed E-state index contributed by atoms with van der Waals surface area (Å²) >= 11 is 0. The molecule has 154 valence electrons. The number of nitrogens with zero attached hydrogens (tertiary/aromatic N) is 4. The van der Waals surface area contributed by atoms with E-state index < -0.39 is 5.97 Å². The van der Waals surface area contributed by atoms with Crippen LogP contribution in [0.2, 0.25) is 0 Å². The number of aromatic carboxylic acids is 1. The number of aromatic nitrogens is 3. The summed E-state index contributed by atoms with van der Waals surface area (Å²) in [5.41, 5.74) is 8.97. The summed E-state index contributed by atoms with van der Waals surface area (Å²) in [6.45, 7) is 9.22. The number of carbonyl (C=O) groups is 1. The molecule has 5 rings (SSSR count). The average molecular weight is 410 g/mol. The number of hydrogen-bond donors (Lipinski definition) is 1. The van der Waals surface area contributed by atoms with Gasteiger partial charge in [0, 0.05) is 30.1 Å². The van der Waals surface area contributed by atoms with Crippen molar-refractivity contribution >= 4 is 23.0 Å². The number of carboxylic acids is 1. The number of hydrogen-bond acceptors (Lipinski definition) is 4. The zero-order chi connectivity index (χ0) is 21.7. The Balaban J connectivity index is 1.55. The predicted molar refractivity (Wildman–Crippen MR) is 121 cm³/mol. The molecule has 0 bridgehead atoms. The molecule has 0 fully saturated rings. The molecule has 2 aromatic carbocycles. The molecule has 2 aromatic heterocycles. The Morgan fingerprint density at radius 2 is 1.90 bits per heavy atom. The molecule has 6 heteroatoms. The smallest absolute Gasteiger partial charge is 0.335 e. The molecule has 0 unspecified atom stereocenters. The summed E-state index contributed by atoms with van der Waals surface area (Å²) in [7, 11) is 0. The first-order chi connectivity index (χ1) is 14.9. The van der Waals surface area contributed by atoms with Crippen molar-refractivity contribution in [2.45, 2.75) is 20.3 Å². The molecule has 0 saturated heterocycles. The second kappa shape index (κ2) is 7.09. The van der Waals surface area contributed by atoms with Gasteiger partial charge in [-0.25, -0.2) is 14.3 Å². The molecule has 0 saturated carbocycles. The molecule has 6 nitrogen and oxygen atoms in total. The maximum absolute atomic E-state index is 11.4. The number of carboxylic acid groups (broad SMARTS) is 1. The number of aryl methyl sites for hydroxylation is 2. The summed E-state index contributed by atoms with van der Waals surface area (Å²) < 4.78 is 1.84. The molecule has 1 N–H and O–H groups in total. The Bertz CT molecular complexity index is 1370. The molecule has 0 atom stereocenters. The summed E-state index contributed by atoms with van der Waals surface area (Å²) in [5, 5.41) is 14.2. The van der Waals surface area contributed by atoms with Crippen LogP contribution in [0.3, 0.4) is 0 Å². The molecule has 31 heavy (non-hydrogen) atoms. The molecule has 0 aliphatic carbocycles. The van der Waals surface area contributed by atoms with Crippen molar-refractivity contribution < 1.29 is 9.90 Å². The number of fused-ring (bicyclic) bond motifs is 2. The third-order valence-electron chi connectivity index (χ3n) is 6.01. The van der Waals surface area contributed by atoms with E-state index in [-0.39, 0.29) is 5.56 Å². The lowest BCUT2D eigenvalue weighted by molar-refractivity contribution is 0.0697. The monoisotopic (exact) mass is 410 g/mol. The second-order valence-corrected chi connectivity index (χ2v) is 7.93. The minimum atomic E-state index is -0.935. The summed E-state index contributed by atoms with van der Waals surface area (Å²) in [4.78, 5) is 17.9. The fourth-order valence-electron chi connectivity index (χ4n) is 4.09. The van der Waals surface area contributed by atoms with Crippen LogP contribution in [0.5, 0.6) is 0 Å². The van der Waals surface area contributed by atoms with Crippen LogP contribution in [0.15, 0.2) is 61.3 Å². The Morgan fingerprint density at radius 1 is 1.06 bits per heavy atom. The zero-order valence-corrected chi connectivity index (χ0v) is 17.5. The quantitative estimate of drug-likeness (QED) is 0.526. The van der Waals surface area contributed by atoms with Gasteiger partial charge < -0.3 is 10.0 Å². The van der Waals surface area contributed by atoms with Gasteiger partial charge in [-0.05, 0) is 61.2 Å². The summed E-state index contributed by atoms with van der Waals surface area (Å²) in [6.07, 6.45) is 2.63. The van der Waals surface area contributed by atoms with Gasteiger partial charge in [0.25, 0.3) is 0 Å². The molecule has 0 spiro atoms. The molecule has 1 aliphatic rings. The average Bonchev–Trinajstić information content (AvgIpc) is 3.38. The van der Waals surface area contributed by atoms with Crippen LogP contribution in [0.4, 0.5) is 5.69 Å². The Labute approximate surface area is 180 Å². The Kier molecular flexibility index (Phi) is 4.36. The van der Waals surface area contributed by atoms with Crippen LogP contribution in [0.1, 0.15) is 32.7 Å². The van der Waals surface area contributed by atoms with Gasteiger partial charge in [0.1, 0.15) is 5.69 Å². The van der Waals surface area contributed by atoms with Gasteiger partial charge in [0.2, 0.25) is 0 Å². The normalized spacial score (nSPS) is 12.9. The van der Waals surface area contributed by atoms with Gasteiger partial charge in [-0.1, -0.05) is 24.8 Å². The molecular formula is C25H22N4O2. The van der Waals surface area contributed by atoms with Crippen molar-refractivity contribution in [3.63, 3.8) is 0 Å². The summed E-state index contributed by atoms with van der Waals surface area (Å²) in [6, 6.07) is 15.5. The van der Waals surface area contributed by atoms with E-state index in [0.717, 1.165) is 52.5 Å².